The van der Waals surface area contributed by atoms with Gasteiger partial charge in [-0.3, -0.25) is 4.90 Å². The quantitative estimate of drug-likeness (QED) is 0.176. The van der Waals surface area contributed by atoms with Gasteiger partial charge < -0.3 is 39.1 Å². The predicted molar refractivity (Wildman–Crippen MR) is 121 cm³/mol. The molecular formula is C22H45N3O6. The van der Waals surface area contributed by atoms with Crippen LogP contribution in [0.4, 0.5) is 0 Å². The Balaban J connectivity index is 1.77. The summed E-state index contributed by atoms with van der Waals surface area (Å²) in [4.78, 5) is 15.2. The molecule has 0 bridgehead atoms. The van der Waals surface area contributed by atoms with Crippen LogP contribution in [0.2, 0.25) is 0 Å². The molecule has 2 N–H and O–H groups in total. The van der Waals surface area contributed by atoms with Crippen molar-refractivity contribution in [3.05, 3.63) is 0 Å². The fourth-order valence-electron chi connectivity index (χ4n) is 3.23. The number of nitrogens with two attached hydrogens (primary N) is 1. The second-order valence-corrected chi connectivity index (χ2v) is 7.55. The van der Waals surface area contributed by atoms with Crippen molar-refractivity contribution < 1.29 is 28.5 Å². The first-order chi connectivity index (χ1) is 15.4. The molecule has 0 aromatic carbocycles. The van der Waals surface area contributed by atoms with Gasteiger partial charge in [0.1, 0.15) is 6.29 Å². The van der Waals surface area contributed by atoms with E-state index in [0.29, 0.717) is 65.8 Å². The smallest absolute Gasteiger partial charge is 0.122 e. The molecular weight excluding hydrogens is 402 g/mol. The third-order valence-corrected chi connectivity index (χ3v) is 5.04. The van der Waals surface area contributed by atoms with Crippen LogP contribution in [0.5, 0.6) is 0 Å². The number of ether oxygens (including phenoxy) is 5. The Morgan fingerprint density at radius 1 is 0.581 bits per heavy atom. The highest BCUT2D eigenvalue weighted by Gasteiger charge is 2.15. The van der Waals surface area contributed by atoms with Crippen LogP contribution in [0.3, 0.4) is 0 Å². The minimum atomic E-state index is 0.437. The Hall–Kier alpha value is -0.650. The molecule has 1 rings (SSSR count). The normalized spacial score (nSPS) is 15.5. The van der Waals surface area contributed by atoms with E-state index in [1.165, 1.54) is 19.4 Å². The first-order valence-corrected chi connectivity index (χ1v) is 11.8. The van der Waals surface area contributed by atoms with Crippen molar-refractivity contribution in [1.82, 2.24) is 9.80 Å². The van der Waals surface area contributed by atoms with Crippen LogP contribution in [0, 0.1) is 0 Å². The molecule has 0 radical (unpaired) electrons. The van der Waals surface area contributed by atoms with Gasteiger partial charge in [0.2, 0.25) is 0 Å². The lowest BCUT2D eigenvalue weighted by molar-refractivity contribution is -0.108. The predicted octanol–water partition coefficient (Wildman–Crippen LogP) is 0.405. The Morgan fingerprint density at radius 3 is 1.68 bits per heavy atom. The topological polar surface area (TPSA) is 95.7 Å². The molecule has 0 aliphatic carbocycles. The third kappa shape index (κ3) is 18.6. The van der Waals surface area contributed by atoms with E-state index in [9.17, 15) is 4.79 Å². The van der Waals surface area contributed by atoms with Gasteiger partial charge in [-0.25, -0.2) is 0 Å². The average molecular weight is 448 g/mol. The van der Waals surface area contributed by atoms with E-state index in [2.05, 4.69) is 9.80 Å². The number of hydrogen-bond donors (Lipinski definition) is 1. The summed E-state index contributed by atoms with van der Waals surface area (Å²) in [6.45, 7) is 13.4. The van der Waals surface area contributed by atoms with Crippen LogP contribution in [-0.2, 0) is 28.5 Å². The summed E-state index contributed by atoms with van der Waals surface area (Å²) in [5, 5.41) is 0. The molecule has 9 heteroatoms. The monoisotopic (exact) mass is 447 g/mol. The maximum Gasteiger partial charge on any atom is 0.122 e. The number of hydrogen-bond acceptors (Lipinski definition) is 9. The number of carbonyl (C=O) groups excluding carboxylic acids is 1. The van der Waals surface area contributed by atoms with Gasteiger partial charge in [-0.2, -0.15) is 0 Å². The standard InChI is InChI=1S/C22H45N3O6/c23-5-15-27-13-3-1-2-6-24-7-9-25(10-8-24)11-16-29-18-20-31-22-21-30-19-17-28-14-4-12-26/h12H,1-11,13-23H2. The summed E-state index contributed by atoms with van der Waals surface area (Å²) in [7, 11) is 0. The Bertz CT molecular complexity index is 384. The van der Waals surface area contributed by atoms with Gasteiger partial charge in [-0.05, 0) is 25.8 Å². The number of aldehydes is 1. The molecule has 0 unspecified atom stereocenters. The lowest BCUT2D eigenvalue weighted by atomic mass is 10.2. The second-order valence-electron chi connectivity index (χ2n) is 7.55. The van der Waals surface area contributed by atoms with Crippen LogP contribution in [0.15, 0.2) is 0 Å². The van der Waals surface area contributed by atoms with Gasteiger partial charge in [-0.1, -0.05) is 0 Å². The third-order valence-electron chi connectivity index (χ3n) is 5.04. The molecule has 0 aromatic heterocycles. The van der Waals surface area contributed by atoms with Crippen molar-refractivity contribution >= 4 is 6.29 Å². The maximum atomic E-state index is 10.1. The first-order valence-electron chi connectivity index (χ1n) is 11.8. The lowest BCUT2D eigenvalue weighted by Gasteiger charge is -2.34. The van der Waals surface area contributed by atoms with Crippen molar-refractivity contribution in [2.45, 2.75) is 25.7 Å². The summed E-state index contributed by atoms with van der Waals surface area (Å²) in [6, 6.07) is 0. The Labute approximate surface area is 188 Å². The number of piperazine rings is 1. The van der Waals surface area contributed by atoms with Crippen LogP contribution < -0.4 is 5.73 Å². The van der Waals surface area contributed by atoms with Gasteiger partial charge in [0.25, 0.3) is 0 Å². The van der Waals surface area contributed by atoms with E-state index in [-0.39, 0.29) is 0 Å². The molecule has 1 fully saturated rings. The summed E-state index contributed by atoms with van der Waals surface area (Å²) in [5.41, 5.74) is 5.40. The molecule has 0 amide bonds. The molecule has 0 spiro atoms. The number of carbonyl (C=O) groups is 1. The average Bonchev–Trinajstić information content (AvgIpc) is 2.79. The summed E-state index contributed by atoms with van der Waals surface area (Å²) in [5.74, 6) is 0. The highest BCUT2D eigenvalue weighted by atomic mass is 16.6. The largest absolute Gasteiger partial charge is 0.380 e. The number of unbranched alkanes of at least 4 members (excludes halogenated alkanes) is 2. The van der Waals surface area contributed by atoms with Crippen molar-refractivity contribution in [3.63, 3.8) is 0 Å². The van der Waals surface area contributed by atoms with Gasteiger partial charge in [-0.15, -0.1) is 0 Å². The molecule has 1 heterocycles. The molecule has 0 atom stereocenters. The first kappa shape index (κ1) is 28.4. The van der Waals surface area contributed by atoms with E-state index in [4.69, 9.17) is 29.4 Å². The molecule has 1 saturated heterocycles. The summed E-state index contributed by atoms with van der Waals surface area (Å²) >= 11 is 0. The zero-order chi connectivity index (χ0) is 22.2. The van der Waals surface area contributed by atoms with E-state index < -0.39 is 0 Å². The van der Waals surface area contributed by atoms with Gasteiger partial charge >= 0.3 is 0 Å². The minimum absolute atomic E-state index is 0.437. The van der Waals surface area contributed by atoms with Gasteiger partial charge in [0.15, 0.2) is 0 Å². The highest BCUT2D eigenvalue weighted by molar-refractivity contribution is 5.49. The fourth-order valence-corrected chi connectivity index (χ4v) is 3.23. The maximum absolute atomic E-state index is 10.1. The second kappa shape index (κ2) is 22.5. The number of rotatable bonds is 23. The van der Waals surface area contributed by atoms with E-state index >= 15 is 0 Å². The zero-order valence-corrected chi connectivity index (χ0v) is 19.3. The Kier molecular flexibility index (Phi) is 20.6. The van der Waals surface area contributed by atoms with Gasteiger partial charge in [0.05, 0.1) is 59.5 Å². The molecule has 184 valence electrons. The SMILES string of the molecule is NCCOCCCCCN1CCN(CCOCCOCCOCCOCCC=O)CC1. The lowest BCUT2D eigenvalue weighted by Crippen LogP contribution is -2.47. The molecule has 31 heavy (non-hydrogen) atoms. The van der Waals surface area contributed by atoms with Crippen LogP contribution in [-0.4, -0.2) is 128 Å². The summed E-state index contributed by atoms with van der Waals surface area (Å²) in [6.07, 6.45) is 4.89. The molecule has 0 aromatic rings. The molecule has 9 nitrogen and oxygen atoms in total. The van der Waals surface area contributed by atoms with Crippen molar-refractivity contribution in [1.29, 1.82) is 0 Å². The highest BCUT2D eigenvalue weighted by Crippen LogP contribution is 2.05. The molecule has 1 aliphatic heterocycles. The van der Waals surface area contributed by atoms with Crippen molar-refractivity contribution in [2.75, 3.05) is 112 Å². The van der Waals surface area contributed by atoms with Crippen LogP contribution in [0.25, 0.3) is 0 Å². The minimum Gasteiger partial charge on any atom is -0.380 e. The van der Waals surface area contributed by atoms with E-state index in [0.717, 1.165) is 58.6 Å². The number of nitrogens with zero attached hydrogens (tertiary/aromatic N) is 2. The fraction of sp³-hybridized carbons (Fsp3) is 0.955. The van der Waals surface area contributed by atoms with Gasteiger partial charge in [0, 0.05) is 52.3 Å². The van der Waals surface area contributed by atoms with E-state index in [1.54, 1.807) is 0 Å². The zero-order valence-electron chi connectivity index (χ0n) is 19.3. The van der Waals surface area contributed by atoms with Crippen molar-refractivity contribution in [2.24, 2.45) is 5.73 Å². The van der Waals surface area contributed by atoms with E-state index in [1.807, 2.05) is 0 Å². The van der Waals surface area contributed by atoms with Crippen LogP contribution >= 0.6 is 0 Å². The molecule has 0 saturated carbocycles. The Morgan fingerprint density at radius 2 is 1.10 bits per heavy atom. The van der Waals surface area contributed by atoms with Crippen molar-refractivity contribution in [3.8, 4) is 0 Å². The summed E-state index contributed by atoms with van der Waals surface area (Å²) < 4.78 is 27.2. The molecule has 1 aliphatic rings. The van der Waals surface area contributed by atoms with Crippen LogP contribution in [0.1, 0.15) is 25.7 Å².